The number of fused-ring (bicyclic) bond motifs is 2. The van der Waals surface area contributed by atoms with Crippen LogP contribution >= 0.6 is 0 Å². The molecule has 0 amide bonds. The van der Waals surface area contributed by atoms with Crippen molar-refractivity contribution in [3.8, 4) is 11.4 Å². The van der Waals surface area contributed by atoms with E-state index in [1.807, 2.05) is 11.6 Å². The summed E-state index contributed by atoms with van der Waals surface area (Å²) in [5.41, 5.74) is 2.32. The molecule has 3 heterocycles. The van der Waals surface area contributed by atoms with Gasteiger partial charge < -0.3 is 14.8 Å². The Morgan fingerprint density at radius 2 is 2.05 bits per heavy atom. The van der Waals surface area contributed by atoms with Gasteiger partial charge in [0, 0.05) is 37.4 Å². The van der Waals surface area contributed by atoms with Gasteiger partial charge in [-0.1, -0.05) is 12.1 Å². The maximum Gasteiger partial charge on any atom is 0.165 e. The monoisotopic (exact) mass is 283 g/mol. The number of hydrogen-bond donors (Lipinski definition) is 1. The molecule has 3 unspecified atom stereocenters. The van der Waals surface area contributed by atoms with Gasteiger partial charge in [-0.2, -0.15) is 0 Å². The van der Waals surface area contributed by atoms with Gasteiger partial charge in [0.25, 0.3) is 0 Å². The second kappa shape index (κ2) is 5.15. The number of nitrogens with one attached hydrogen (secondary N) is 1. The van der Waals surface area contributed by atoms with Crippen LogP contribution in [-0.2, 0) is 7.05 Å². The van der Waals surface area contributed by atoms with Crippen molar-refractivity contribution in [2.75, 3.05) is 25.0 Å². The lowest BCUT2D eigenvalue weighted by Crippen LogP contribution is -2.39. The summed E-state index contributed by atoms with van der Waals surface area (Å²) in [5.74, 6) is 1.70. The molecule has 5 nitrogen and oxygen atoms in total. The number of rotatable bonds is 3. The van der Waals surface area contributed by atoms with Gasteiger partial charge in [-0.15, -0.1) is 10.2 Å². The zero-order valence-electron chi connectivity index (χ0n) is 12.4. The van der Waals surface area contributed by atoms with E-state index in [1.165, 1.54) is 38.2 Å². The molecule has 5 heteroatoms. The minimum atomic E-state index is 0.582. The highest BCUT2D eigenvalue weighted by Crippen LogP contribution is 2.32. The van der Waals surface area contributed by atoms with Crippen LogP contribution in [0.3, 0.4) is 0 Å². The first-order valence-corrected chi connectivity index (χ1v) is 7.73. The van der Waals surface area contributed by atoms with Crippen LogP contribution in [0.1, 0.15) is 12.8 Å². The standard InChI is InChI=1S/C16H21N5/c1-20-11-17-19-16(20)13-4-2-3-5-15(13)18-14-7-9-21-8-6-12(14)10-21/h2-5,11-12,14,18H,6-10H2,1H3. The highest BCUT2D eigenvalue weighted by molar-refractivity contribution is 5.73. The minimum Gasteiger partial charge on any atom is -0.381 e. The van der Waals surface area contributed by atoms with Crippen molar-refractivity contribution in [3.05, 3.63) is 30.6 Å². The average molecular weight is 283 g/mol. The van der Waals surface area contributed by atoms with Crippen LogP contribution in [0, 0.1) is 5.92 Å². The first-order valence-electron chi connectivity index (χ1n) is 7.73. The number of nitrogens with zero attached hydrogens (tertiary/aromatic N) is 4. The Balaban J connectivity index is 1.62. The number of hydrogen-bond acceptors (Lipinski definition) is 4. The van der Waals surface area contributed by atoms with Crippen molar-refractivity contribution < 1.29 is 0 Å². The molecule has 1 N–H and O–H groups in total. The van der Waals surface area contributed by atoms with Crippen molar-refractivity contribution in [2.45, 2.75) is 18.9 Å². The predicted molar refractivity (Wildman–Crippen MR) is 83.0 cm³/mol. The third kappa shape index (κ3) is 2.31. The number of anilines is 1. The quantitative estimate of drug-likeness (QED) is 0.936. The molecule has 110 valence electrons. The molecule has 1 aromatic heterocycles. The van der Waals surface area contributed by atoms with Gasteiger partial charge in [0.15, 0.2) is 5.82 Å². The van der Waals surface area contributed by atoms with Crippen LogP contribution in [-0.4, -0.2) is 45.3 Å². The van der Waals surface area contributed by atoms with E-state index < -0.39 is 0 Å². The fourth-order valence-electron chi connectivity index (χ4n) is 3.67. The van der Waals surface area contributed by atoms with Crippen LogP contribution in [0.4, 0.5) is 5.69 Å². The molecule has 21 heavy (non-hydrogen) atoms. The summed E-state index contributed by atoms with van der Waals surface area (Å²) < 4.78 is 1.97. The third-order valence-electron chi connectivity index (χ3n) is 4.85. The number of piperidine rings is 1. The summed E-state index contributed by atoms with van der Waals surface area (Å²) in [6, 6.07) is 9.01. The highest BCUT2D eigenvalue weighted by Gasteiger charge is 2.34. The first kappa shape index (κ1) is 12.8. The van der Waals surface area contributed by atoms with Gasteiger partial charge >= 0.3 is 0 Å². The second-order valence-corrected chi connectivity index (χ2v) is 6.20. The number of aryl methyl sites for hydroxylation is 1. The smallest absolute Gasteiger partial charge is 0.165 e. The molecule has 2 aromatic rings. The SMILES string of the molecule is Cn1cnnc1-c1ccccc1NC1CCN2CCC1C2. The van der Waals surface area contributed by atoms with Gasteiger partial charge in [0.2, 0.25) is 0 Å². The van der Waals surface area contributed by atoms with Crippen LogP contribution in [0.25, 0.3) is 11.4 Å². The molecule has 0 aliphatic carbocycles. The lowest BCUT2D eigenvalue weighted by Gasteiger charge is -2.32. The third-order valence-corrected chi connectivity index (χ3v) is 4.85. The molecule has 0 radical (unpaired) electrons. The van der Waals surface area contributed by atoms with Crippen LogP contribution < -0.4 is 5.32 Å². The summed E-state index contributed by atoms with van der Waals surface area (Å²) in [4.78, 5) is 2.58. The molecule has 0 saturated carbocycles. The van der Waals surface area contributed by atoms with Crippen molar-refractivity contribution in [1.29, 1.82) is 0 Å². The van der Waals surface area contributed by atoms with Gasteiger partial charge in [-0.05, 0) is 37.4 Å². The Morgan fingerprint density at radius 3 is 2.90 bits per heavy atom. The minimum absolute atomic E-state index is 0.582. The molecular formula is C16H21N5. The average Bonchev–Trinajstić information content (AvgIpc) is 3.09. The lowest BCUT2D eigenvalue weighted by atomic mass is 9.93. The molecule has 2 bridgehead atoms. The fraction of sp³-hybridized carbons (Fsp3) is 0.500. The molecule has 4 rings (SSSR count). The van der Waals surface area contributed by atoms with Crippen LogP contribution in [0.5, 0.6) is 0 Å². The highest BCUT2D eigenvalue weighted by atomic mass is 15.2. The number of benzene rings is 1. The lowest BCUT2D eigenvalue weighted by molar-refractivity contribution is 0.255. The van der Waals surface area contributed by atoms with E-state index in [1.54, 1.807) is 6.33 Å². The van der Waals surface area contributed by atoms with Gasteiger partial charge in [-0.25, -0.2) is 0 Å². The molecule has 3 atom stereocenters. The molecule has 1 aromatic carbocycles. The Labute approximate surface area is 125 Å². The van der Waals surface area contributed by atoms with Crippen LogP contribution in [0.2, 0.25) is 0 Å². The fourth-order valence-corrected chi connectivity index (χ4v) is 3.67. The van der Waals surface area contributed by atoms with E-state index in [9.17, 15) is 0 Å². The van der Waals surface area contributed by atoms with E-state index in [0.717, 1.165) is 17.3 Å². The Morgan fingerprint density at radius 1 is 1.19 bits per heavy atom. The van der Waals surface area contributed by atoms with E-state index in [-0.39, 0.29) is 0 Å². The molecule has 2 aliphatic rings. The van der Waals surface area contributed by atoms with E-state index in [0.29, 0.717) is 6.04 Å². The summed E-state index contributed by atoms with van der Waals surface area (Å²) in [5, 5.41) is 12.0. The molecule has 2 aliphatic heterocycles. The first-order chi connectivity index (χ1) is 10.3. The summed E-state index contributed by atoms with van der Waals surface area (Å²) in [6.07, 6.45) is 4.31. The van der Waals surface area contributed by atoms with Gasteiger partial charge in [0.05, 0.1) is 0 Å². The number of para-hydroxylation sites is 1. The number of aromatic nitrogens is 3. The Kier molecular flexibility index (Phi) is 3.15. The largest absolute Gasteiger partial charge is 0.381 e. The van der Waals surface area contributed by atoms with Crippen molar-refractivity contribution >= 4 is 5.69 Å². The van der Waals surface area contributed by atoms with Crippen molar-refractivity contribution in [1.82, 2.24) is 19.7 Å². The predicted octanol–water partition coefficient (Wildman–Crippen LogP) is 1.99. The van der Waals surface area contributed by atoms with Crippen molar-refractivity contribution in [3.63, 3.8) is 0 Å². The summed E-state index contributed by atoms with van der Waals surface area (Å²) in [6.45, 7) is 3.75. The maximum absolute atomic E-state index is 4.25. The van der Waals surface area contributed by atoms with E-state index in [2.05, 4.69) is 44.7 Å². The summed E-state index contributed by atoms with van der Waals surface area (Å²) in [7, 11) is 1.99. The molecule has 2 saturated heterocycles. The van der Waals surface area contributed by atoms with Gasteiger partial charge in [0.1, 0.15) is 6.33 Å². The van der Waals surface area contributed by atoms with Gasteiger partial charge in [-0.3, -0.25) is 0 Å². The van der Waals surface area contributed by atoms with Crippen LogP contribution in [0.15, 0.2) is 30.6 Å². The normalized spacial score (nSPS) is 27.8. The van der Waals surface area contributed by atoms with E-state index in [4.69, 9.17) is 0 Å². The molecule has 0 spiro atoms. The zero-order valence-corrected chi connectivity index (χ0v) is 12.4. The molecule has 2 fully saturated rings. The second-order valence-electron chi connectivity index (χ2n) is 6.20. The molecular weight excluding hydrogens is 262 g/mol. The zero-order chi connectivity index (χ0) is 14.2. The van der Waals surface area contributed by atoms with E-state index >= 15 is 0 Å². The van der Waals surface area contributed by atoms with Crippen molar-refractivity contribution in [2.24, 2.45) is 13.0 Å². The summed E-state index contributed by atoms with van der Waals surface area (Å²) >= 11 is 0. The Bertz CT molecular complexity index is 635. The maximum atomic E-state index is 4.25. The topological polar surface area (TPSA) is 46.0 Å². The Hall–Kier alpha value is -1.88.